The highest BCUT2D eigenvalue weighted by atomic mass is 32.2. The molecule has 1 fully saturated rings. The quantitative estimate of drug-likeness (QED) is 0.805. The third-order valence-electron chi connectivity index (χ3n) is 3.56. The maximum atomic E-state index is 12.5. The molecule has 0 N–H and O–H groups in total. The normalized spacial score (nSPS) is 27.1. The number of alkyl halides is 3. The Bertz CT molecular complexity index is 493. The average Bonchev–Trinajstić information content (AvgIpc) is 2.38. The summed E-state index contributed by atoms with van der Waals surface area (Å²) < 4.78 is 37.4. The first-order valence-corrected chi connectivity index (χ1v) is 7.37. The van der Waals surface area contributed by atoms with Crippen molar-refractivity contribution < 1.29 is 13.2 Å². The molecule has 108 valence electrons. The van der Waals surface area contributed by atoms with E-state index in [4.69, 9.17) is 5.26 Å². The summed E-state index contributed by atoms with van der Waals surface area (Å²) >= 11 is 1.42. The van der Waals surface area contributed by atoms with Gasteiger partial charge >= 0.3 is 6.18 Å². The lowest BCUT2D eigenvalue weighted by Crippen LogP contribution is -2.25. The fourth-order valence-corrected chi connectivity index (χ4v) is 3.74. The van der Waals surface area contributed by atoms with E-state index in [0.717, 1.165) is 31.5 Å². The molecule has 3 atom stereocenters. The van der Waals surface area contributed by atoms with Crippen molar-refractivity contribution >= 4 is 11.8 Å². The van der Waals surface area contributed by atoms with Gasteiger partial charge in [0.1, 0.15) is 0 Å². The molecular formula is C14H15F3N2S. The number of rotatable bonds is 2. The Morgan fingerprint density at radius 2 is 2.10 bits per heavy atom. The van der Waals surface area contributed by atoms with Crippen LogP contribution in [0.4, 0.5) is 13.2 Å². The van der Waals surface area contributed by atoms with Crippen molar-refractivity contribution in [2.75, 3.05) is 0 Å². The number of thioether (sulfide) groups is 1. The van der Waals surface area contributed by atoms with E-state index in [1.54, 1.807) is 0 Å². The lowest BCUT2D eigenvalue weighted by molar-refractivity contribution is -0.137. The molecule has 20 heavy (non-hydrogen) atoms. The van der Waals surface area contributed by atoms with Gasteiger partial charge < -0.3 is 0 Å². The largest absolute Gasteiger partial charge is 0.417 e. The predicted octanol–water partition coefficient (Wildman–Crippen LogP) is 4.52. The predicted molar refractivity (Wildman–Crippen MR) is 71.0 cm³/mol. The van der Waals surface area contributed by atoms with Crippen molar-refractivity contribution in [3.05, 3.63) is 23.9 Å². The topological polar surface area (TPSA) is 36.7 Å². The summed E-state index contributed by atoms with van der Waals surface area (Å²) in [5, 5.41) is 9.82. The van der Waals surface area contributed by atoms with Crippen LogP contribution < -0.4 is 0 Å². The molecule has 0 saturated heterocycles. The van der Waals surface area contributed by atoms with Crippen LogP contribution in [0.5, 0.6) is 0 Å². The summed E-state index contributed by atoms with van der Waals surface area (Å²) in [5.74, 6) is 0.506. The van der Waals surface area contributed by atoms with Crippen molar-refractivity contribution in [2.24, 2.45) is 11.8 Å². The van der Waals surface area contributed by atoms with E-state index < -0.39 is 11.7 Å². The van der Waals surface area contributed by atoms with Gasteiger partial charge in [-0.1, -0.05) is 6.92 Å². The monoisotopic (exact) mass is 300 g/mol. The fourth-order valence-electron chi connectivity index (χ4n) is 2.38. The van der Waals surface area contributed by atoms with Gasteiger partial charge in [0.2, 0.25) is 0 Å². The molecule has 1 aromatic heterocycles. The van der Waals surface area contributed by atoms with E-state index in [9.17, 15) is 13.2 Å². The molecule has 3 unspecified atom stereocenters. The highest BCUT2D eigenvalue weighted by Gasteiger charge is 2.32. The van der Waals surface area contributed by atoms with Gasteiger partial charge in [-0.3, -0.25) is 0 Å². The standard InChI is InChI=1S/C14H15F3N2S/c1-9-2-3-10(7-18)12(6-9)20-13-5-4-11(8-19-13)14(15,16)17/h4-5,8-10,12H,2-3,6H2,1H3. The Kier molecular flexibility index (Phi) is 4.59. The third kappa shape index (κ3) is 3.66. The summed E-state index contributed by atoms with van der Waals surface area (Å²) in [5.41, 5.74) is -0.740. The molecule has 0 aromatic carbocycles. The third-order valence-corrected chi connectivity index (χ3v) is 4.86. The second-order valence-corrected chi connectivity index (χ2v) is 6.45. The maximum Gasteiger partial charge on any atom is 0.417 e. The second kappa shape index (κ2) is 6.04. The van der Waals surface area contributed by atoms with Crippen LogP contribution >= 0.6 is 11.8 Å². The van der Waals surface area contributed by atoms with Crippen molar-refractivity contribution in [3.8, 4) is 6.07 Å². The van der Waals surface area contributed by atoms with Gasteiger partial charge in [-0.2, -0.15) is 18.4 Å². The Hall–Kier alpha value is -1.22. The summed E-state index contributed by atoms with van der Waals surface area (Å²) in [7, 11) is 0. The van der Waals surface area contributed by atoms with E-state index in [0.29, 0.717) is 10.9 Å². The summed E-state index contributed by atoms with van der Waals surface area (Å²) in [6.07, 6.45) is -0.696. The zero-order valence-electron chi connectivity index (χ0n) is 11.0. The van der Waals surface area contributed by atoms with Crippen molar-refractivity contribution in [1.29, 1.82) is 5.26 Å². The van der Waals surface area contributed by atoms with Crippen molar-refractivity contribution in [3.63, 3.8) is 0 Å². The summed E-state index contributed by atoms with van der Waals surface area (Å²) in [6, 6.07) is 4.74. The minimum atomic E-state index is -4.36. The molecule has 1 aliphatic carbocycles. The van der Waals surface area contributed by atoms with Gasteiger partial charge in [-0.25, -0.2) is 4.98 Å². The van der Waals surface area contributed by atoms with Gasteiger partial charge in [0.15, 0.2) is 0 Å². The zero-order chi connectivity index (χ0) is 14.8. The van der Waals surface area contributed by atoms with Crippen LogP contribution in [0.25, 0.3) is 0 Å². The Balaban J connectivity index is 2.07. The molecular weight excluding hydrogens is 285 g/mol. The number of pyridine rings is 1. The van der Waals surface area contributed by atoms with Crippen LogP contribution in [0.1, 0.15) is 31.7 Å². The fraction of sp³-hybridized carbons (Fsp3) is 0.571. The first kappa shape index (κ1) is 15.2. The van der Waals surface area contributed by atoms with Gasteiger partial charge in [0, 0.05) is 11.4 Å². The molecule has 0 radical (unpaired) electrons. The number of hydrogen-bond acceptors (Lipinski definition) is 3. The summed E-state index contributed by atoms with van der Waals surface area (Å²) in [6.45, 7) is 2.14. The molecule has 0 amide bonds. The maximum absolute atomic E-state index is 12.5. The van der Waals surface area contributed by atoms with Crippen molar-refractivity contribution in [1.82, 2.24) is 4.98 Å². The van der Waals surface area contributed by atoms with Gasteiger partial charge in [0.05, 0.1) is 22.6 Å². The molecule has 0 bridgehead atoms. The molecule has 6 heteroatoms. The minimum Gasteiger partial charge on any atom is -0.249 e. The average molecular weight is 300 g/mol. The Labute approximate surface area is 120 Å². The lowest BCUT2D eigenvalue weighted by atomic mass is 9.83. The number of hydrogen-bond donors (Lipinski definition) is 0. The van der Waals surface area contributed by atoms with Crippen molar-refractivity contribution in [2.45, 2.75) is 42.6 Å². The summed E-state index contributed by atoms with van der Waals surface area (Å²) in [4.78, 5) is 3.87. The molecule has 0 spiro atoms. The SMILES string of the molecule is CC1CCC(C#N)C(Sc2ccc(C(F)(F)F)cn2)C1. The molecule has 0 aliphatic heterocycles. The van der Waals surface area contributed by atoms with Crippen LogP contribution in [0, 0.1) is 23.2 Å². The zero-order valence-corrected chi connectivity index (χ0v) is 11.8. The van der Waals surface area contributed by atoms with Gasteiger partial charge in [-0.15, -0.1) is 11.8 Å². The molecule has 1 aliphatic rings. The van der Waals surface area contributed by atoms with Gasteiger partial charge in [0.25, 0.3) is 0 Å². The first-order chi connectivity index (χ1) is 9.40. The van der Waals surface area contributed by atoms with Crippen LogP contribution in [0.3, 0.4) is 0 Å². The number of halogens is 3. The number of nitriles is 1. The minimum absolute atomic E-state index is 0.0414. The number of nitrogens with zero attached hydrogens (tertiary/aromatic N) is 2. The molecule has 1 saturated carbocycles. The Morgan fingerprint density at radius 3 is 2.65 bits per heavy atom. The van der Waals surface area contributed by atoms with E-state index in [1.165, 1.54) is 17.8 Å². The van der Waals surface area contributed by atoms with Crippen LogP contribution in [-0.4, -0.2) is 10.2 Å². The van der Waals surface area contributed by atoms with E-state index >= 15 is 0 Å². The van der Waals surface area contributed by atoms with E-state index in [1.807, 2.05) is 0 Å². The van der Waals surface area contributed by atoms with Crippen LogP contribution in [0.2, 0.25) is 0 Å². The van der Waals surface area contributed by atoms with Crippen LogP contribution in [0.15, 0.2) is 23.4 Å². The highest BCUT2D eigenvalue weighted by Crippen LogP contribution is 2.39. The highest BCUT2D eigenvalue weighted by molar-refractivity contribution is 7.99. The first-order valence-electron chi connectivity index (χ1n) is 6.49. The molecule has 2 nitrogen and oxygen atoms in total. The van der Waals surface area contributed by atoms with Crippen LogP contribution in [-0.2, 0) is 6.18 Å². The lowest BCUT2D eigenvalue weighted by Gasteiger charge is -2.30. The number of aromatic nitrogens is 1. The van der Waals surface area contributed by atoms with Gasteiger partial charge in [-0.05, 0) is 37.3 Å². The van der Waals surface area contributed by atoms with E-state index in [2.05, 4.69) is 18.0 Å². The Morgan fingerprint density at radius 1 is 1.35 bits per heavy atom. The second-order valence-electron chi connectivity index (χ2n) is 5.19. The molecule has 2 rings (SSSR count). The molecule has 1 aromatic rings. The van der Waals surface area contributed by atoms with E-state index in [-0.39, 0.29) is 11.2 Å². The molecule has 1 heterocycles. The smallest absolute Gasteiger partial charge is 0.249 e.